The van der Waals surface area contributed by atoms with E-state index in [2.05, 4.69) is 12.2 Å². The van der Waals surface area contributed by atoms with Gasteiger partial charge in [0.15, 0.2) is 0 Å². The monoisotopic (exact) mass is 332 g/mol. The Labute approximate surface area is 141 Å². The van der Waals surface area contributed by atoms with Crippen molar-refractivity contribution in [1.29, 1.82) is 0 Å². The second-order valence-electron chi connectivity index (χ2n) is 6.10. The largest absolute Gasteiger partial charge is 0.481 e. The average molecular weight is 332 g/mol. The number of carboxylic acid groups (broad SMARTS) is 1. The summed E-state index contributed by atoms with van der Waals surface area (Å²) < 4.78 is 0. The van der Waals surface area contributed by atoms with E-state index in [1.807, 2.05) is 30.3 Å². The molecule has 1 heterocycles. The number of carbonyl (C=O) groups is 3. The first-order chi connectivity index (χ1) is 11.5. The summed E-state index contributed by atoms with van der Waals surface area (Å²) in [6.07, 6.45) is 2.75. The normalized spacial score (nSPS) is 20.8. The van der Waals surface area contributed by atoms with Crippen LogP contribution in [-0.2, 0) is 20.8 Å². The lowest BCUT2D eigenvalue weighted by molar-refractivity contribution is -0.153. The van der Waals surface area contributed by atoms with Crippen LogP contribution in [0.5, 0.6) is 0 Å². The van der Waals surface area contributed by atoms with E-state index in [1.165, 1.54) is 4.90 Å². The fourth-order valence-electron chi connectivity index (χ4n) is 2.98. The van der Waals surface area contributed by atoms with Crippen LogP contribution < -0.4 is 5.32 Å². The topological polar surface area (TPSA) is 86.7 Å². The Morgan fingerprint density at radius 1 is 1.21 bits per heavy atom. The first kappa shape index (κ1) is 18.0. The third-order valence-corrected chi connectivity index (χ3v) is 4.23. The SMILES string of the molecule is CCCCCN1C(=O)[C@H](Cc2ccccc2)NC(=O)C1CC(=O)O. The summed E-state index contributed by atoms with van der Waals surface area (Å²) in [5.74, 6) is -1.65. The molecular formula is C18H24N2O4. The smallest absolute Gasteiger partial charge is 0.305 e. The molecule has 1 aromatic rings. The minimum Gasteiger partial charge on any atom is -0.481 e. The van der Waals surface area contributed by atoms with Crippen LogP contribution >= 0.6 is 0 Å². The van der Waals surface area contributed by atoms with Gasteiger partial charge < -0.3 is 15.3 Å². The second kappa shape index (κ2) is 8.47. The van der Waals surface area contributed by atoms with Crippen molar-refractivity contribution in [1.82, 2.24) is 10.2 Å². The van der Waals surface area contributed by atoms with E-state index >= 15 is 0 Å². The first-order valence-corrected chi connectivity index (χ1v) is 8.39. The number of carboxylic acids is 1. The highest BCUT2D eigenvalue weighted by molar-refractivity contribution is 5.98. The van der Waals surface area contributed by atoms with Crippen molar-refractivity contribution in [2.45, 2.75) is 51.1 Å². The van der Waals surface area contributed by atoms with E-state index in [4.69, 9.17) is 5.11 Å². The summed E-state index contributed by atoms with van der Waals surface area (Å²) in [5, 5.41) is 11.7. The van der Waals surface area contributed by atoms with Crippen molar-refractivity contribution < 1.29 is 19.5 Å². The van der Waals surface area contributed by atoms with E-state index < -0.39 is 18.1 Å². The van der Waals surface area contributed by atoms with Crippen LogP contribution in [0, 0.1) is 0 Å². The molecule has 2 atom stereocenters. The predicted octanol–water partition coefficient (Wildman–Crippen LogP) is 1.59. The summed E-state index contributed by atoms with van der Waals surface area (Å²) in [6.45, 7) is 2.47. The van der Waals surface area contributed by atoms with Crippen LogP contribution in [0.3, 0.4) is 0 Å². The minimum atomic E-state index is -1.08. The molecule has 0 radical (unpaired) electrons. The summed E-state index contributed by atoms with van der Waals surface area (Å²) in [6, 6.07) is 7.93. The van der Waals surface area contributed by atoms with Crippen molar-refractivity contribution in [3.8, 4) is 0 Å². The fourth-order valence-corrected chi connectivity index (χ4v) is 2.98. The Morgan fingerprint density at radius 3 is 2.54 bits per heavy atom. The lowest BCUT2D eigenvalue weighted by Gasteiger charge is -2.38. The summed E-state index contributed by atoms with van der Waals surface area (Å²) in [4.78, 5) is 37.6. The lowest BCUT2D eigenvalue weighted by atomic mass is 9.98. The molecule has 1 aliphatic heterocycles. The Morgan fingerprint density at radius 2 is 1.92 bits per heavy atom. The molecule has 0 saturated carbocycles. The van der Waals surface area contributed by atoms with Gasteiger partial charge >= 0.3 is 5.97 Å². The van der Waals surface area contributed by atoms with Crippen LogP contribution in [-0.4, -0.2) is 46.4 Å². The molecule has 2 amide bonds. The number of carbonyl (C=O) groups excluding carboxylic acids is 2. The molecule has 2 rings (SSSR count). The van der Waals surface area contributed by atoms with Gasteiger partial charge in [0.2, 0.25) is 11.8 Å². The third-order valence-electron chi connectivity index (χ3n) is 4.23. The van der Waals surface area contributed by atoms with Crippen molar-refractivity contribution in [3.05, 3.63) is 35.9 Å². The number of nitrogens with zero attached hydrogens (tertiary/aromatic N) is 1. The number of hydrogen-bond donors (Lipinski definition) is 2. The summed E-state index contributed by atoms with van der Waals surface area (Å²) in [5.41, 5.74) is 0.960. The van der Waals surface area contributed by atoms with Gasteiger partial charge in [0.1, 0.15) is 12.1 Å². The summed E-state index contributed by atoms with van der Waals surface area (Å²) >= 11 is 0. The molecule has 1 saturated heterocycles. The fraction of sp³-hybridized carbons (Fsp3) is 0.500. The quantitative estimate of drug-likeness (QED) is 0.708. The maximum absolute atomic E-state index is 12.8. The molecule has 0 spiro atoms. The van der Waals surface area contributed by atoms with Crippen LogP contribution in [0.15, 0.2) is 30.3 Å². The van der Waals surface area contributed by atoms with E-state index in [9.17, 15) is 14.4 Å². The molecule has 0 bridgehead atoms. The molecule has 6 heteroatoms. The Bertz CT molecular complexity index is 588. The van der Waals surface area contributed by atoms with Gasteiger partial charge in [-0.2, -0.15) is 0 Å². The van der Waals surface area contributed by atoms with Gasteiger partial charge in [-0.1, -0.05) is 50.1 Å². The number of unbranched alkanes of at least 4 members (excludes halogenated alkanes) is 2. The van der Waals surface area contributed by atoms with Crippen molar-refractivity contribution >= 4 is 17.8 Å². The molecule has 24 heavy (non-hydrogen) atoms. The van der Waals surface area contributed by atoms with Gasteiger partial charge in [-0.3, -0.25) is 14.4 Å². The molecule has 0 aromatic heterocycles. The summed E-state index contributed by atoms with van der Waals surface area (Å²) in [7, 11) is 0. The lowest BCUT2D eigenvalue weighted by Crippen LogP contribution is -2.64. The van der Waals surface area contributed by atoms with Gasteiger partial charge in [-0.25, -0.2) is 0 Å². The highest BCUT2D eigenvalue weighted by Gasteiger charge is 2.41. The van der Waals surface area contributed by atoms with Crippen LogP contribution in [0.1, 0.15) is 38.2 Å². The van der Waals surface area contributed by atoms with E-state index in [-0.39, 0.29) is 18.2 Å². The molecule has 1 aliphatic rings. The predicted molar refractivity (Wildman–Crippen MR) is 89.4 cm³/mol. The third kappa shape index (κ3) is 4.57. The Hall–Kier alpha value is -2.37. The molecule has 1 fully saturated rings. The number of hydrogen-bond acceptors (Lipinski definition) is 3. The number of amides is 2. The maximum Gasteiger partial charge on any atom is 0.305 e. The van der Waals surface area contributed by atoms with Crippen LogP contribution in [0.2, 0.25) is 0 Å². The van der Waals surface area contributed by atoms with Gasteiger partial charge in [0, 0.05) is 13.0 Å². The maximum atomic E-state index is 12.8. The van der Waals surface area contributed by atoms with Gasteiger partial charge in [-0.15, -0.1) is 0 Å². The van der Waals surface area contributed by atoms with Gasteiger partial charge in [0.05, 0.1) is 6.42 Å². The molecule has 6 nitrogen and oxygen atoms in total. The Kier molecular flexibility index (Phi) is 6.35. The first-order valence-electron chi connectivity index (χ1n) is 8.39. The Balaban J connectivity index is 2.14. The van der Waals surface area contributed by atoms with Crippen LogP contribution in [0.25, 0.3) is 0 Å². The molecule has 0 aliphatic carbocycles. The van der Waals surface area contributed by atoms with E-state index in [0.29, 0.717) is 13.0 Å². The minimum absolute atomic E-state index is 0.194. The molecule has 1 unspecified atom stereocenters. The second-order valence-corrected chi connectivity index (χ2v) is 6.10. The number of benzene rings is 1. The number of piperazine rings is 1. The van der Waals surface area contributed by atoms with E-state index in [0.717, 1.165) is 24.8 Å². The van der Waals surface area contributed by atoms with E-state index in [1.54, 1.807) is 0 Å². The van der Waals surface area contributed by atoms with Crippen molar-refractivity contribution in [2.24, 2.45) is 0 Å². The highest BCUT2D eigenvalue weighted by atomic mass is 16.4. The van der Waals surface area contributed by atoms with Gasteiger partial charge in [-0.05, 0) is 12.0 Å². The van der Waals surface area contributed by atoms with Crippen molar-refractivity contribution in [2.75, 3.05) is 6.54 Å². The zero-order chi connectivity index (χ0) is 17.5. The molecule has 130 valence electrons. The zero-order valence-corrected chi connectivity index (χ0v) is 13.9. The van der Waals surface area contributed by atoms with Gasteiger partial charge in [0.25, 0.3) is 0 Å². The number of rotatable bonds is 8. The van der Waals surface area contributed by atoms with Crippen molar-refractivity contribution in [3.63, 3.8) is 0 Å². The highest BCUT2D eigenvalue weighted by Crippen LogP contribution is 2.17. The average Bonchev–Trinajstić information content (AvgIpc) is 2.55. The molecule has 1 aromatic carbocycles. The number of aliphatic carboxylic acids is 1. The zero-order valence-electron chi connectivity index (χ0n) is 13.9. The van der Waals surface area contributed by atoms with Crippen LogP contribution in [0.4, 0.5) is 0 Å². The molecule has 2 N–H and O–H groups in total. The molecular weight excluding hydrogens is 308 g/mol. The standard InChI is InChI=1S/C18H24N2O4/c1-2-3-7-10-20-15(12-16(21)22)17(23)19-14(18(20)24)11-13-8-5-4-6-9-13/h4-6,8-9,14-15H,2-3,7,10-12H2,1H3,(H,19,23)(H,21,22)/t14-,15?/m0/s1. The number of nitrogens with one attached hydrogen (secondary N) is 1.